The summed E-state index contributed by atoms with van der Waals surface area (Å²) in [5.41, 5.74) is 0.862. The summed E-state index contributed by atoms with van der Waals surface area (Å²) in [7, 11) is 0. The van der Waals surface area contributed by atoms with Crippen molar-refractivity contribution < 1.29 is 27.1 Å². The molecule has 0 unspecified atom stereocenters. The molecule has 2 aromatic heterocycles. The van der Waals surface area contributed by atoms with Gasteiger partial charge in [0, 0.05) is 18.9 Å². The van der Waals surface area contributed by atoms with Gasteiger partial charge in [0.25, 0.3) is 5.91 Å². The molecule has 2 aromatic carbocycles. The van der Waals surface area contributed by atoms with Gasteiger partial charge in [-0.15, -0.1) is 0 Å². The average molecular weight is 504 g/mol. The smallest absolute Gasteiger partial charge is 0.417 e. The maximum atomic E-state index is 13.1. The minimum absolute atomic E-state index is 0.00768. The Kier molecular flexibility index (Phi) is 6.79. The number of halogens is 5. The number of alkyl halides is 3. The van der Waals surface area contributed by atoms with Gasteiger partial charge in [-0.2, -0.15) is 13.2 Å². The van der Waals surface area contributed by atoms with E-state index in [4.69, 9.17) is 16.3 Å². The number of amides is 1. The summed E-state index contributed by atoms with van der Waals surface area (Å²) in [6, 6.07) is 14.8. The number of carbonyl (C=O) groups excluding carboxylic acids is 1. The standard InChI is InChI=1S/C25H18ClF4N3O2/c1-15-11-20(35-19-8-5-18(27)6-9-19)7-4-16(15)13-32-24(34)22-3-2-10-33(22)23-21(26)12-17(14-31-23)25(28,29)30/h2-12,14H,13H2,1H3,(H,32,34). The Balaban J connectivity index is 1.45. The second-order valence-electron chi connectivity index (χ2n) is 7.62. The van der Waals surface area contributed by atoms with E-state index in [1.54, 1.807) is 24.3 Å². The third kappa shape index (κ3) is 5.63. The molecule has 0 aliphatic carbocycles. The molecule has 4 aromatic rings. The van der Waals surface area contributed by atoms with E-state index in [1.165, 1.54) is 41.1 Å². The zero-order valence-electron chi connectivity index (χ0n) is 18.2. The molecule has 0 fully saturated rings. The van der Waals surface area contributed by atoms with Crippen LogP contribution in [0.1, 0.15) is 27.2 Å². The van der Waals surface area contributed by atoms with Crippen molar-refractivity contribution in [1.29, 1.82) is 0 Å². The van der Waals surface area contributed by atoms with Gasteiger partial charge in [-0.1, -0.05) is 17.7 Å². The van der Waals surface area contributed by atoms with Gasteiger partial charge in [-0.05, 0) is 72.6 Å². The normalized spacial score (nSPS) is 11.4. The lowest BCUT2D eigenvalue weighted by Gasteiger charge is -2.14. The van der Waals surface area contributed by atoms with Crippen LogP contribution in [0.2, 0.25) is 5.02 Å². The number of rotatable bonds is 6. The Bertz CT molecular complexity index is 1370. The molecule has 0 aliphatic heterocycles. The van der Waals surface area contributed by atoms with Crippen molar-refractivity contribution in [3.05, 3.63) is 106 Å². The van der Waals surface area contributed by atoms with Gasteiger partial charge in [0.05, 0.1) is 10.6 Å². The number of aromatic nitrogens is 2. The van der Waals surface area contributed by atoms with Gasteiger partial charge in [0.2, 0.25) is 0 Å². The number of hydrogen-bond donors (Lipinski definition) is 1. The summed E-state index contributed by atoms with van der Waals surface area (Å²) in [4.78, 5) is 16.6. The highest BCUT2D eigenvalue weighted by atomic mass is 35.5. The molecule has 0 saturated carbocycles. The van der Waals surface area contributed by atoms with E-state index in [1.807, 2.05) is 6.92 Å². The SMILES string of the molecule is Cc1cc(Oc2ccc(F)cc2)ccc1CNC(=O)c1cccn1-c1ncc(C(F)(F)F)cc1Cl. The summed E-state index contributed by atoms with van der Waals surface area (Å²) in [5, 5.41) is 2.55. The third-order valence-corrected chi connectivity index (χ3v) is 5.44. The lowest BCUT2D eigenvalue weighted by molar-refractivity contribution is -0.137. The molecular weight excluding hydrogens is 486 g/mol. The first-order valence-electron chi connectivity index (χ1n) is 10.3. The van der Waals surface area contributed by atoms with Crippen molar-refractivity contribution >= 4 is 17.5 Å². The highest BCUT2D eigenvalue weighted by molar-refractivity contribution is 6.32. The van der Waals surface area contributed by atoms with Crippen molar-refractivity contribution in [2.45, 2.75) is 19.6 Å². The molecule has 0 bridgehead atoms. The van der Waals surface area contributed by atoms with E-state index in [0.29, 0.717) is 17.7 Å². The number of pyridine rings is 1. The van der Waals surface area contributed by atoms with Crippen LogP contribution in [-0.4, -0.2) is 15.5 Å². The summed E-state index contributed by atoms with van der Waals surface area (Å²) in [6.07, 6.45) is -2.42. The van der Waals surface area contributed by atoms with Crippen LogP contribution in [0.3, 0.4) is 0 Å². The molecule has 1 amide bonds. The maximum Gasteiger partial charge on any atom is 0.417 e. The van der Waals surface area contributed by atoms with Gasteiger partial charge in [0.15, 0.2) is 5.82 Å². The summed E-state index contributed by atoms with van der Waals surface area (Å²) in [5.74, 6) is 0.235. The molecule has 35 heavy (non-hydrogen) atoms. The third-order valence-electron chi connectivity index (χ3n) is 5.16. The molecule has 0 aliphatic rings. The van der Waals surface area contributed by atoms with Crippen LogP contribution in [-0.2, 0) is 12.7 Å². The summed E-state index contributed by atoms with van der Waals surface area (Å²) < 4.78 is 58.8. The van der Waals surface area contributed by atoms with Crippen LogP contribution < -0.4 is 10.1 Å². The lowest BCUT2D eigenvalue weighted by Crippen LogP contribution is -2.25. The molecule has 0 saturated heterocycles. The molecule has 0 radical (unpaired) electrons. The molecule has 0 atom stereocenters. The second kappa shape index (κ2) is 9.79. The fourth-order valence-electron chi connectivity index (χ4n) is 3.35. The summed E-state index contributed by atoms with van der Waals surface area (Å²) in [6.45, 7) is 2.05. The van der Waals surface area contributed by atoms with Crippen molar-refractivity contribution in [1.82, 2.24) is 14.9 Å². The highest BCUT2D eigenvalue weighted by Gasteiger charge is 2.32. The first-order chi connectivity index (χ1) is 16.6. The maximum absolute atomic E-state index is 13.1. The van der Waals surface area contributed by atoms with E-state index in [0.717, 1.165) is 17.2 Å². The van der Waals surface area contributed by atoms with Crippen LogP contribution in [0.25, 0.3) is 5.82 Å². The number of nitrogens with one attached hydrogen (secondary N) is 1. The number of ether oxygens (including phenoxy) is 1. The van der Waals surface area contributed by atoms with Crippen molar-refractivity contribution in [3.63, 3.8) is 0 Å². The predicted octanol–water partition coefficient (Wildman–Crippen LogP) is 6.71. The Labute approximate surface area is 202 Å². The van der Waals surface area contributed by atoms with Crippen molar-refractivity contribution in [3.8, 4) is 17.3 Å². The fourth-order valence-corrected chi connectivity index (χ4v) is 3.61. The second-order valence-corrected chi connectivity index (χ2v) is 8.02. The Morgan fingerprint density at radius 3 is 2.46 bits per heavy atom. The van der Waals surface area contributed by atoms with E-state index in [9.17, 15) is 22.4 Å². The number of carbonyl (C=O) groups is 1. The first-order valence-corrected chi connectivity index (χ1v) is 10.7. The van der Waals surface area contributed by atoms with Crippen LogP contribution in [0.4, 0.5) is 17.6 Å². The van der Waals surface area contributed by atoms with E-state index < -0.39 is 17.6 Å². The molecule has 10 heteroatoms. The quantitative estimate of drug-likeness (QED) is 0.297. The zero-order chi connectivity index (χ0) is 25.2. The Morgan fingerprint density at radius 1 is 1.09 bits per heavy atom. The molecule has 1 N–H and O–H groups in total. The minimum Gasteiger partial charge on any atom is -0.457 e. The van der Waals surface area contributed by atoms with Gasteiger partial charge < -0.3 is 10.1 Å². The zero-order valence-corrected chi connectivity index (χ0v) is 19.0. The number of nitrogens with zero attached hydrogens (tertiary/aromatic N) is 2. The largest absolute Gasteiger partial charge is 0.457 e. The Hall–Kier alpha value is -3.85. The minimum atomic E-state index is -4.58. The van der Waals surface area contributed by atoms with Gasteiger partial charge in [0.1, 0.15) is 23.0 Å². The number of hydrogen-bond acceptors (Lipinski definition) is 3. The number of benzene rings is 2. The highest BCUT2D eigenvalue weighted by Crippen LogP contribution is 2.32. The Morgan fingerprint density at radius 2 is 1.80 bits per heavy atom. The van der Waals surface area contributed by atoms with Crippen LogP contribution in [0.5, 0.6) is 11.5 Å². The topological polar surface area (TPSA) is 56.1 Å². The monoisotopic (exact) mass is 503 g/mol. The van der Waals surface area contributed by atoms with E-state index >= 15 is 0 Å². The molecule has 4 rings (SSSR count). The van der Waals surface area contributed by atoms with Crippen molar-refractivity contribution in [2.24, 2.45) is 0 Å². The first kappa shape index (κ1) is 24.3. The van der Waals surface area contributed by atoms with Gasteiger partial charge >= 0.3 is 6.18 Å². The van der Waals surface area contributed by atoms with Gasteiger partial charge in [-0.25, -0.2) is 9.37 Å². The predicted molar refractivity (Wildman–Crippen MR) is 122 cm³/mol. The van der Waals surface area contributed by atoms with E-state index in [-0.39, 0.29) is 28.9 Å². The fraction of sp³-hybridized carbons (Fsp3) is 0.120. The van der Waals surface area contributed by atoms with Crippen LogP contribution in [0.15, 0.2) is 73.1 Å². The average Bonchev–Trinajstić information content (AvgIpc) is 3.29. The molecule has 180 valence electrons. The molecule has 0 spiro atoms. The van der Waals surface area contributed by atoms with E-state index in [2.05, 4.69) is 10.3 Å². The number of aryl methyl sites for hydroxylation is 1. The molecular formula is C25H18ClF4N3O2. The van der Waals surface area contributed by atoms with Gasteiger partial charge in [-0.3, -0.25) is 9.36 Å². The lowest BCUT2D eigenvalue weighted by atomic mass is 10.1. The molecule has 2 heterocycles. The molecule has 5 nitrogen and oxygen atoms in total. The van der Waals surface area contributed by atoms with Crippen molar-refractivity contribution in [2.75, 3.05) is 0 Å². The van der Waals surface area contributed by atoms with Crippen LogP contribution in [0, 0.1) is 12.7 Å². The van der Waals surface area contributed by atoms with Crippen LogP contribution >= 0.6 is 11.6 Å². The summed E-state index contributed by atoms with van der Waals surface area (Å²) >= 11 is 6.03.